The zero-order valence-electron chi connectivity index (χ0n) is 10.1. The van der Waals surface area contributed by atoms with Crippen molar-refractivity contribution in [3.05, 3.63) is 29.8 Å². The molecule has 0 spiro atoms. The van der Waals surface area contributed by atoms with E-state index in [2.05, 4.69) is 0 Å². The summed E-state index contributed by atoms with van der Waals surface area (Å²) in [5.74, 6) is -0.306. The van der Waals surface area contributed by atoms with Gasteiger partial charge in [-0.25, -0.2) is 9.59 Å². The normalized spacial score (nSPS) is 9.59. The van der Waals surface area contributed by atoms with Crippen LogP contribution in [0.3, 0.4) is 0 Å². The molecule has 1 aromatic carbocycles. The second kappa shape index (κ2) is 5.89. The first-order chi connectivity index (χ1) is 8.06. The van der Waals surface area contributed by atoms with E-state index in [0.29, 0.717) is 0 Å². The Labute approximate surface area is 99.9 Å². The van der Waals surface area contributed by atoms with Crippen LogP contribution in [0.2, 0.25) is 0 Å². The lowest BCUT2D eigenvalue weighted by Crippen LogP contribution is -2.26. The highest BCUT2D eigenvalue weighted by Gasteiger charge is 2.16. The molecule has 0 aliphatic heterocycles. The summed E-state index contributed by atoms with van der Waals surface area (Å²) < 4.78 is 9.93. The molecule has 0 heterocycles. The fourth-order valence-corrected chi connectivity index (χ4v) is 1.12. The quantitative estimate of drug-likeness (QED) is 0.754. The number of carbonyl (C=O) groups excluding carboxylic acids is 2. The van der Waals surface area contributed by atoms with Crippen LogP contribution in [0, 0.1) is 0 Å². The van der Waals surface area contributed by atoms with Crippen LogP contribution >= 0.6 is 0 Å². The van der Waals surface area contributed by atoms with Gasteiger partial charge in [0.2, 0.25) is 0 Å². The van der Waals surface area contributed by atoms with Gasteiger partial charge in [-0.1, -0.05) is 12.1 Å². The number of ether oxygens (including phenoxy) is 2. The Balaban J connectivity index is 2.92. The van der Waals surface area contributed by atoms with Crippen molar-refractivity contribution in [1.29, 1.82) is 0 Å². The molecule has 1 aromatic rings. The van der Waals surface area contributed by atoms with Crippen LogP contribution < -0.4 is 4.74 Å². The van der Waals surface area contributed by atoms with Crippen LogP contribution in [-0.2, 0) is 4.74 Å². The molecule has 17 heavy (non-hydrogen) atoms. The minimum Gasteiger partial charge on any atom is -0.462 e. The van der Waals surface area contributed by atoms with Gasteiger partial charge >= 0.3 is 12.1 Å². The number of nitrogens with zero attached hydrogens (tertiary/aromatic N) is 1. The molecule has 92 valence electrons. The second-order valence-electron chi connectivity index (χ2n) is 3.48. The van der Waals surface area contributed by atoms with Crippen molar-refractivity contribution in [3.8, 4) is 5.75 Å². The highest BCUT2D eigenvalue weighted by Crippen LogP contribution is 2.19. The van der Waals surface area contributed by atoms with E-state index in [1.165, 1.54) is 4.90 Å². The first-order valence-corrected chi connectivity index (χ1v) is 5.21. The van der Waals surface area contributed by atoms with Crippen molar-refractivity contribution < 1.29 is 19.1 Å². The molecule has 0 fully saturated rings. The van der Waals surface area contributed by atoms with Crippen molar-refractivity contribution in [2.24, 2.45) is 0 Å². The van der Waals surface area contributed by atoms with Gasteiger partial charge in [-0.05, 0) is 19.1 Å². The maximum atomic E-state index is 11.6. The lowest BCUT2D eigenvalue weighted by Gasteiger charge is -2.12. The Morgan fingerprint density at radius 3 is 2.47 bits per heavy atom. The van der Waals surface area contributed by atoms with Crippen molar-refractivity contribution >= 4 is 12.1 Å². The van der Waals surface area contributed by atoms with Gasteiger partial charge in [-0.2, -0.15) is 0 Å². The van der Waals surface area contributed by atoms with E-state index in [9.17, 15) is 9.59 Å². The molecule has 5 heteroatoms. The van der Waals surface area contributed by atoms with Crippen LogP contribution in [0.1, 0.15) is 17.3 Å². The SMILES string of the molecule is CCOC(=O)c1ccccc1OC(=O)N(C)C. The van der Waals surface area contributed by atoms with Crippen LogP contribution in [0.4, 0.5) is 4.79 Å². The van der Waals surface area contributed by atoms with Crippen molar-refractivity contribution in [1.82, 2.24) is 4.90 Å². The summed E-state index contributed by atoms with van der Waals surface area (Å²) in [6.45, 7) is 1.99. The molecular weight excluding hydrogens is 222 g/mol. The molecule has 5 nitrogen and oxygen atoms in total. The zero-order chi connectivity index (χ0) is 12.8. The van der Waals surface area contributed by atoms with Crippen LogP contribution in [0.15, 0.2) is 24.3 Å². The third kappa shape index (κ3) is 3.48. The minimum absolute atomic E-state index is 0.199. The van der Waals surface area contributed by atoms with E-state index < -0.39 is 12.1 Å². The van der Waals surface area contributed by atoms with Gasteiger partial charge in [-0.3, -0.25) is 0 Å². The molecule has 0 bridgehead atoms. The van der Waals surface area contributed by atoms with E-state index in [4.69, 9.17) is 9.47 Å². The average Bonchev–Trinajstić information content (AvgIpc) is 2.29. The number of hydrogen-bond donors (Lipinski definition) is 0. The van der Waals surface area contributed by atoms with E-state index >= 15 is 0 Å². The summed E-state index contributed by atoms with van der Waals surface area (Å²) in [5, 5.41) is 0. The number of rotatable bonds is 3. The van der Waals surface area contributed by atoms with Gasteiger partial charge < -0.3 is 14.4 Å². The Morgan fingerprint density at radius 2 is 1.88 bits per heavy atom. The van der Waals surface area contributed by atoms with Crippen LogP contribution in [0.25, 0.3) is 0 Å². The topological polar surface area (TPSA) is 55.8 Å². The molecule has 0 saturated heterocycles. The van der Waals surface area contributed by atoms with Gasteiger partial charge in [0.15, 0.2) is 0 Å². The van der Waals surface area contributed by atoms with Gasteiger partial charge in [0.25, 0.3) is 0 Å². The smallest absolute Gasteiger partial charge is 0.414 e. The first kappa shape index (κ1) is 13.0. The zero-order valence-corrected chi connectivity index (χ0v) is 10.1. The average molecular weight is 237 g/mol. The molecule has 0 N–H and O–H groups in total. The third-order valence-electron chi connectivity index (χ3n) is 1.94. The Morgan fingerprint density at radius 1 is 1.24 bits per heavy atom. The molecule has 0 saturated carbocycles. The van der Waals surface area contributed by atoms with Crippen LogP contribution in [-0.4, -0.2) is 37.7 Å². The Hall–Kier alpha value is -2.04. The molecule has 0 atom stereocenters. The molecule has 1 rings (SSSR count). The predicted molar refractivity (Wildman–Crippen MR) is 62.1 cm³/mol. The summed E-state index contributed by atoms with van der Waals surface area (Å²) in [6.07, 6.45) is -0.540. The number of amides is 1. The second-order valence-corrected chi connectivity index (χ2v) is 3.48. The summed E-state index contributed by atoms with van der Waals surface area (Å²) in [4.78, 5) is 24.3. The van der Waals surface area contributed by atoms with Crippen molar-refractivity contribution in [3.63, 3.8) is 0 Å². The van der Waals surface area contributed by atoms with Crippen LogP contribution in [0.5, 0.6) is 5.75 Å². The number of carbonyl (C=O) groups is 2. The fraction of sp³-hybridized carbons (Fsp3) is 0.333. The molecule has 0 radical (unpaired) electrons. The highest BCUT2D eigenvalue weighted by molar-refractivity contribution is 5.93. The van der Waals surface area contributed by atoms with Crippen molar-refractivity contribution in [2.75, 3.05) is 20.7 Å². The number of esters is 1. The fourth-order valence-electron chi connectivity index (χ4n) is 1.12. The predicted octanol–water partition coefficient (Wildman–Crippen LogP) is 1.92. The maximum absolute atomic E-state index is 11.6. The molecule has 0 aliphatic rings. The minimum atomic E-state index is -0.540. The molecule has 0 aliphatic carbocycles. The van der Waals surface area contributed by atoms with E-state index in [0.717, 1.165) is 0 Å². The first-order valence-electron chi connectivity index (χ1n) is 5.21. The lowest BCUT2D eigenvalue weighted by molar-refractivity contribution is 0.0523. The third-order valence-corrected chi connectivity index (χ3v) is 1.94. The highest BCUT2D eigenvalue weighted by atomic mass is 16.6. The van der Waals surface area contributed by atoms with Crippen molar-refractivity contribution in [2.45, 2.75) is 6.92 Å². The van der Waals surface area contributed by atoms with E-state index in [1.807, 2.05) is 0 Å². The summed E-state index contributed by atoms with van der Waals surface area (Å²) in [6, 6.07) is 6.46. The monoisotopic (exact) mass is 237 g/mol. The largest absolute Gasteiger partial charge is 0.462 e. The number of benzene rings is 1. The molecule has 0 aromatic heterocycles. The molecular formula is C12H15NO4. The number of hydrogen-bond acceptors (Lipinski definition) is 4. The summed E-state index contributed by atoms with van der Waals surface area (Å²) >= 11 is 0. The molecule has 1 amide bonds. The Kier molecular flexibility index (Phi) is 4.51. The van der Waals surface area contributed by atoms with E-state index in [-0.39, 0.29) is 17.9 Å². The summed E-state index contributed by atoms with van der Waals surface area (Å²) in [5.41, 5.74) is 0.240. The maximum Gasteiger partial charge on any atom is 0.414 e. The van der Waals surface area contributed by atoms with Gasteiger partial charge in [0.05, 0.1) is 6.61 Å². The summed E-state index contributed by atoms with van der Waals surface area (Å²) in [7, 11) is 3.13. The van der Waals surface area contributed by atoms with Gasteiger partial charge in [-0.15, -0.1) is 0 Å². The Bertz CT molecular complexity index is 415. The lowest BCUT2D eigenvalue weighted by atomic mass is 10.2. The van der Waals surface area contributed by atoms with Gasteiger partial charge in [0.1, 0.15) is 11.3 Å². The van der Waals surface area contributed by atoms with Gasteiger partial charge in [0, 0.05) is 14.1 Å². The van der Waals surface area contributed by atoms with E-state index in [1.54, 1.807) is 45.3 Å². The molecule has 0 unspecified atom stereocenters. The number of para-hydroxylation sites is 1. The standard InChI is InChI=1S/C12H15NO4/c1-4-16-11(14)9-7-5-6-8-10(9)17-12(15)13(2)3/h5-8H,4H2,1-3H3.